The summed E-state index contributed by atoms with van der Waals surface area (Å²) in [5.74, 6) is -0.334. The van der Waals surface area contributed by atoms with Crippen molar-refractivity contribution in [1.82, 2.24) is 15.1 Å². The Morgan fingerprint density at radius 1 is 1.16 bits per heavy atom. The van der Waals surface area contributed by atoms with Crippen molar-refractivity contribution < 1.29 is 14.4 Å². The molecule has 0 bridgehead atoms. The topological polar surface area (TPSA) is 69.7 Å². The second-order valence-electron chi connectivity index (χ2n) is 6.90. The minimum atomic E-state index is -0.441. The molecule has 0 spiro atoms. The Balaban J connectivity index is 1.54. The van der Waals surface area contributed by atoms with Gasteiger partial charge < -0.3 is 15.1 Å². The van der Waals surface area contributed by atoms with Crippen LogP contribution in [-0.2, 0) is 20.9 Å². The van der Waals surface area contributed by atoms with Gasteiger partial charge in [-0.15, -0.1) is 0 Å². The summed E-state index contributed by atoms with van der Waals surface area (Å²) in [6, 6.07) is 9.42. The highest BCUT2D eigenvalue weighted by molar-refractivity contribution is 5.90. The molecule has 2 saturated heterocycles. The molecule has 6 heteroatoms. The van der Waals surface area contributed by atoms with Crippen molar-refractivity contribution in [2.45, 2.75) is 38.8 Å². The largest absolute Gasteiger partial charge is 0.344 e. The first-order valence-corrected chi connectivity index (χ1v) is 8.93. The van der Waals surface area contributed by atoms with Gasteiger partial charge in [-0.25, -0.2) is 0 Å². The molecule has 2 heterocycles. The van der Waals surface area contributed by atoms with Crippen molar-refractivity contribution in [3.05, 3.63) is 35.9 Å². The number of hydrogen-bond acceptors (Lipinski definition) is 3. The smallest absolute Gasteiger partial charge is 0.245 e. The van der Waals surface area contributed by atoms with E-state index in [2.05, 4.69) is 5.32 Å². The van der Waals surface area contributed by atoms with Crippen molar-refractivity contribution in [1.29, 1.82) is 0 Å². The fraction of sp³-hybridized carbons (Fsp3) is 0.526. The zero-order chi connectivity index (χ0) is 17.8. The summed E-state index contributed by atoms with van der Waals surface area (Å²) in [6.07, 6.45) is 2.24. The van der Waals surface area contributed by atoms with Crippen LogP contribution in [0.2, 0.25) is 0 Å². The van der Waals surface area contributed by atoms with Gasteiger partial charge in [0, 0.05) is 33.1 Å². The molecule has 1 aromatic rings. The molecule has 3 rings (SSSR count). The molecule has 1 N–H and O–H groups in total. The van der Waals surface area contributed by atoms with Gasteiger partial charge in [-0.1, -0.05) is 30.3 Å². The molecule has 2 fully saturated rings. The Hall–Kier alpha value is -2.37. The minimum Gasteiger partial charge on any atom is -0.344 e. The Morgan fingerprint density at radius 3 is 2.64 bits per heavy atom. The third kappa shape index (κ3) is 4.18. The van der Waals surface area contributed by atoms with Crippen LogP contribution in [0.1, 0.15) is 31.7 Å². The van der Waals surface area contributed by atoms with E-state index in [-0.39, 0.29) is 23.6 Å². The number of carbonyl (C=O) groups excluding carboxylic acids is 3. The van der Waals surface area contributed by atoms with Gasteiger partial charge in [-0.05, 0) is 24.8 Å². The monoisotopic (exact) mass is 343 g/mol. The number of benzene rings is 1. The van der Waals surface area contributed by atoms with E-state index in [1.807, 2.05) is 30.3 Å². The van der Waals surface area contributed by atoms with Crippen LogP contribution in [0, 0.1) is 5.92 Å². The molecule has 2 atom stereocenters. The first kappa shape index (κ1) is 17.5. The van der Waals surface area contributed by atoms with Gasteiger partial charge in [-0.3, -0.25) is 14.4 Å². The third-order valence-corrected chi connectivity index (χ3v) is 5.07. The second kappa shape index (κ2) is 7.68. The average molecular weight is 343 g/mol. The van der Waals surface area contributed by atoms with Crippen LogP contribution >= 0.6 is 0 Å². The molecule has 134 valence electrons. The van der Waals surface area contributed by atoms with Crippen LogP contribution in [-0.4, -0.2) is 53.2 Å². The number of amides is 3. The summed E-state index contributed by atoms with van der Waals surface area (Å²) >= 11 is 0. The molecule has 0 saturated carbocycles. The number of hydrogen-bond donors (Lipinski definition) is 1. The van der Waals surface area contributed by atoms with Crippen LogP contribution < -0.4 is 5.32 Å². The predicted molar refractivity (Wildman–Crippen MR) is 93.4 cm³/mol. The van der Waals surface area contributed by atoms with Crippen molar-refractivity contribution in [2.75, 3.05) is 19.6 Å². The summed E-state index contributed by atoms with van der Waals surface area (Å²) in [4.78, 5) is 40.1. The minimum absolute atomic E-state index is 0.00322. The van der Waals surface area contributed by atoms with Gasteiger partial charge in [0.1, 0.15) is 6.04 Å². The summed E-state index contributed by atoms with van der Waals surface area (Å²) in [5.41, 5.74) is 1.09. The Kier molecular flexibility index (Phi) is 5.36. The fourth-order valence-corrected chi connectivity index (χ4v) is 3.60. The van der Waals surface area contributed by atoms with Gasteiger partial charge >= 0.3 is 0 Å². The van der Waals surface area contributed by atoms with E-state index < -0.39 is 6.04 Å². The number of rotatable bonds is 4. The van der Waals surface area contributed by atoms with Gasteiger partial charge in [0.05, 0.1) is 5.92 Å². The second-order valence-corrected chi connectivity index (χ2v) is 6.90. The van der Waals surface area contributed by atoms with Crippen LogP contribution in [0.4, 0.5) is 0 Å². The van der Waals surface area contributed by atoms with Crippen molar-refractivity contribution in [3.63, 3.8) is 0 Å². The molecule has 6 nitrogen and oxygen atoms in total. The Morgan fingerprint density at radius 2 is 1.92 bits per heavy atom. The van der Waals surface area contributed by atoms with E-state index in [4.69, 9.17) is 0 Å². The molecular formula is C19H25N3O3. The van der Waals surface area contributed by atoms with Gasteiger partial charge in [0.15, 0.2) is 0 Å². The highest BCUT2D eigenvalue weighted by Crippen LogP contribution is 2.19. The van der Waals surface area contributed by atoms with Gasteiger partial charge in [0.2, 0.25) is 17.7 Å². The molecule has 25 heavy (non-hydrogen) atoms. The highest BCUT2D eigenvalue weighted by Gasteiger charge is 2.35. The standard InChI is InChI=1S/C19H25N3O3/c1-14(23)21-10-5-8-16(13-21)18(24)20-17-9-11-22(19(17)25)12-15-6-3-2-4-7-15/h2-4,6-7,16-17H,5,8-13H2,1H3,(H,20,24)/t16-,17-/m1/s1. The van der Waals surface area contributed by atoms with E-state index in [1.54, 1.807) is 9.80 Å². The number of nitrogens with one attached hydrogen (secondary N) is 1. The Bertz CT molecular complexity index is 647. The molecule has 0 aliphatic carbocycles. The summed E-state index contributed by atoms with van der Waals surface area (Å²) in [7, 11) is 0. The highest BCUT2D eigenvalue weighted by atomic mass is 16.2. The van der Waals surface area contributed by atoms with E-state index >= 15 is 0 Å². The van der Waals surface area contributed by atoms with Crippen LogP contribution in [0.3, 0.4) is 0 Å². The van der Waals surface area contributed by atoms with Crippen LogP contribution in [0.15, 0.2) is 30.3 Å². The van der Waals surface area contributed by atoms with Crippen LogP contribution in [0.5, 0.6) is 0 Å². The maximum absolute atomic E-state index is 12.5. The van der Waals surface area contributed by atoms with Crippen LogP contribution in [0.25, 0.3) is 0 Å². The SMILES string of the molecule is CC(=O)N1CCC[C@@H](C(=O)N[C@@H]2CCN(Cc3ccccc3)C2=O)C1. The quantitative estimate of drug-likeness (QED) is 0.892. The number of nitrogens with zero attached hydrogens (tertiary/aromatic N) is 2. The molecule has 1 aromatic carbocycles. The normalized spacial score (nSPS) is 23.6. The summed E-state index contributed by atoms with van der Waals surface area (Å²) in [5, 5.41) is 2.91. The fourth-order valence-electron chi connectivity index (χ4n) is 3.60. The summed E-state index contributed by atoms with van der Waals surface area (Å²) < 4.78 is 0. The maximum Gasteiger partial charge on any atom is 0.245 e. The number of piperidine rings is 1. The Labute approximate surface area is 148 Å². The first-order chi connectivity index (χ1) is 12.0. The zero-order valence-corrected chi connectivity index (χ0v) is 14.6. The molecule has 0 unspecified atom stereocenters. The van der Waals surface area contributed by atoms with Crippen molar-refractivity contribution >= 4 is 17.7 Å². The predicted octanol–water partition coefficient (Wildman–Crippen LogP) is 1.16. The average Bonchev–Trinajstić information content (AvgIpc) is 2.96. The number of likely N-dealkylation sites (tertiary alicyclic amines) is 2. The van der Waals surface area contributed by atoms with E-state index in [0.717, 1.165) is 18.4 Å². The molecule has 3 amide bonds. The van der Waals surface area contributed by atoms with Crippen molar-refractivity contribution in [2.24, 2.45) is 5.92 Å². The van der Waals surface area contributed by atoms with Gasteiger partial charge in [0.25, 0.3) is 0 Å². The molecule has 2 aliphatic heterocycles. The first-order valence-electron chi connectivity index (χ1n) is 8.93. The summed E-state index contributed by atoms with van der Waals surface area (Å²) in [6.45, 7) is 3.93. The van der Waals surface area contributed by atoms with E-state index in [0.29, 0.717) is 32.6 Å². The van der Waals surface area contributed by atoms with Crippen molar-refractivity contribution in [3.8, 4) is 0 Å². The van der Waals surface area contributed by atoms with Gasteiger partial charge in [-0.2, -0.15) is 0 Å². The lowest BCUT2D eigenvalue weighted by molar-refractivity contribution is -0.137. The molecule has 2 aliphatic rings. The molecule has 0 radical (unpaired) electrons. The van der Waals surface area contributed by atoms with E-state index in [1.165, 1.54) is 6.92 Å². The number of carbonyl (C=O) groups is 3. The third-order valence-electron chi connectivity index (χ3n) is 5.07. The van der Waals surface area contributed by atoms with E-state index in [9.17, 15) is 14.4 Å². The lowest BCUT2D eigenvalue weighted by Crippen LogP contribution is -2.48. The zero-order valence-electron chi connectivity index (χ0n) is 14.6. The maximum atomic E-state index is 12.5. The lowest BCUT2D eigenvalue weighted by atomic mass is 9.96. The molecular weight excluding hydrogens is 318 g/mol. The lowest BCUT2D eigenvalue weighted by Gasteiger charge is -2.31. The molecule has 0 aromatic heterocycles.